The van der Waals surface area contributed by atoms with E-state index in [2.05, 4.69) is 5.32 Å². The highest BCUT2D eigenvalue weighted by Gasteiger charge is 2.39. The van der Waals surface area contributed by atoms with Gasteiger partial charge in [0.15, 0.2) is 17.2 Å². The van der Waals surface area contributed by atoms with Crippen molar-refractivity contribution in [2.45, 2.75) is 55.2 Å². The molecular formula is C28H33N2O12PS. The fourth-order valence-electron chi connectivity index (χ4n) is 4.96. The topological polar surface area (TPSA) is 183 Å². The molecule has 3 N–H and O–H groups in total. The molecule has 2 heterocycles. The standard InChI is InChI=1S/C28H33N2O12PS/c31-28(40-22-12-13-37-19-22)29-24(16-20-6-2-1-3-7-20)27(42-43(32,33)34)18-30(41-21-8-4-5-9-21)44(35,36)23-10-11-25-26(17-23)39-15-14-38-25/h1-3,6-7,10-13,17,19,21,24,27H,4-5,8-9,14-16,18H2,(H,29,31)(H2,32,33,34)/t24-,27-/m0/s1. The molecule has 0 saturated heterocycles. The van der Waals surface area contributed by atoms with Gasteiger partial charge in [0.2, 0.25) is 0 Å². The lowest BCUT2D eigenvalue weighted by Gasteiger charge is -2.33. The predicted octanol–water partition coefficient (Wildman–Crippen LogP) is 3.79. The van der Waals surface area contributed by atoms with E-state index >= 15 is 0 Å². The Morgan fingerprint density at radius 2 is 1.77 bits per heavy atom. The molecule has 0 radical (unpaired) electrons. The van der Waals surface area contributed by atoms with E-state index in [1.165, 1.54) is 36.8 Å². The number of rotatable bonds is 13. The van der Waals surface area contributed by atoms with Crippen LogP contribution in [0.1, 0.15) is 31.2 Å². The summed E-state index contributed by atoms with van der Waals surface area (Å²) in [5.74, 6) is 0.692. The highest BCUT2D eigenvalue weighted by molar-refractivity contribution is 7.89. The molecular weight excluding hydrogens is 619 g/mol. The van der Waals surface area contributed by atoms with Crippen LogP contribution in [-0.2, 0) is 30.4 Å². The average molecular weight is 653 g/mol. The lowest BCUT2D eigenvalue weighted by molar-refractivity contribution is -0.144. The first-order valence-corrected chi connectivity index (χ1v) is 16.9. The Hall–Kier alpha value is -3.43. The third kappa shape index (κ3) is 8.60. The number of phosphoric acid groups is 1. The van der Waals surface area contributed by atoms with Gasteiger partial charge in [-0.15, -0.1) is 0 Å². The number of carbonyl (C=O) groups excluding carboxylic acids is 1. The summed E-state index contributed by atoms with van der Waals surface area (Å²) in [6, 6.07) is 13.0. The first-order chi connectivity index (χ1) is 21.1. The van der Waals surface area contributed by atoms with Crippen molar-refractivity contribution in [3.8, 4) is 17.2 Å². The number of benzene rings is 2. The van der Waals surface area contributed by atoms with Crippen molar-refractivity contribution in [3.63, 3.8) is 0 Å². The smallest absolute Gasteiger partial charge is 0.469 e. The molecule has 1 aliphatic carbocycles. The summed E-state index contributed by atoms with van der Waals surface area (Å²) in [6.07, 6.45) is 2.23. The van der Waals surface area contributed by atoms with Crippen molar-refractivity contribution in [2.75, 3.05) is 19.8 Å². The van der Waals surface area contributed by atoms with Gasteiger partial charge in [-0.1, -0.05) is 47.6 Å². The van der Waals surface area contributed by atoms with Crippen molar-refractivity contribution < 1.29 is 55.6 Å². The van der Waals surface area contributed by atoms with Crippen LogP contribution in [0.15, 0.2) is 76.4 Å². The summed E-state index contributed by atoms with van der Waals surface area (Å²) in [5.41, 5.74) is 0.665. The summed E-state index contributed by atoms with van der Waals surface area (Å²) in [4.78, 5) is 38.5. The SMILES string of the molecule is O=C(N[C@@H](Cc1ccccc1)[C@H](CN(OC1CCCC1)S(=O)(=O)c1ccc2c(c1)OCCO2)OP(=O)(O)O)Oc1ccoc1. The Kier molecular flexibility index (Phi) is 10.3. The number of hydroxylamine groups is 1. The molecule has 2 aliphatic rings. The predicted molar refractivity (Wildman–Crippen MR) is 153 cm³/mol. The summed E-state index contributed by atoms with van der Waals surface area (Å²) >= 11 is 0. The second-order valence-corrected chi connectivity index (χ2v) is 13.3. The fraction of sp³-hybridized carbons (Fsp3) is 0.393. The molecule has 44 heavy (non-hydrogen) atoms. The van der Waals surface area contributed by atoms with Gasteiger partial charge < -0.3 is 33.7 Å². The maximum atomic E-state index is 14.1. The minimum Gasteiger partial charge on any atom is -0.486 e. The Morgan fingerprint density at radius 3 is 2.45 bits per heavy atom. The molecule has 1 amide bonds. The van der Waals surface area contributed by atoms with Crippen LogP contribution in [0.5, 0.6) is 17.2 Å². The second kappa shape index (κ2) is 14.1. The summed E-state index contributed by atoms with van der Waals surface area (Å²) in [5, 5.41) is 2.57. The molecule has 2 atom stereocenters. The van der Waals surface area contributed by atoms with Crippen molar-refractivity contribution >= 4 is 23.9 Å². The number of furan rings is 1. The van der Waals surface area contributed by atoms with Gasteiger partial charge in [0.05, 0.1) is 29.8 Å². The molecule has 2 aromatic carbocycles. The van der Waals surface area contributed by atoms with Gasteiger partial charge in [0.1, 0.15) is 25.6 Å². The second-order valence-electron chi connectivity index (χ2n) is 10.2. The Labute approximate surface area is 254 Å². The monoisotopic (exact) mass is 652 g/mol. The number of hydrogen-bond donors (Lipinski definition) is 3. The van der Waals surface area contributed by atoms with Crippen LogP contribution in [0.3, 0.4) is 0 Å². The zero-order valence-corrected chi connectivity index (χ0v) is 25.2. The van der Waals surface area contributed by atoms with Crippen LogP contribution in [0.25, 0.3) is 0 Å². The third-order valence-corrected chi connectivity index (χ3v) is 9.17. The van der Waals surface area contributed by atoms with Crippen molar-refractivity contribution in [1.82, 2.24) is 9.79 Å². The summed E-state index contributed by atoms with van der Waals surface area (Å²) in [6.45, 7) is -0.142. The first-order valence-electron chi connectivity index (χ1n) is 13.9. The van der Waals surface area contributed by atoms with Gasteiger partial charge in [-0.25, -0.2) is 17.8 Å². The fourth-order valence-corrected chi connectivity index (χ4v) is 6.83. The van der Waals surface area contributed by atoms with E-state index in [1.807, 2.05) is 0 Å². The van der Waals surface area contributed by atoms with Crippen LogP contribution in [-0.4, -0.2) is 66.8 Å². The van der Waals surface area contributed by atoms with Crippen LogP contribution in [0.2, 0.25) is 0 Å². The van der Waals surface area contributed by atoms with E-state index in [1.54, 1.807) is 30.3 Å². The molecule has 5 rings (SSSR count). The molecule has 3 aromatic rings. The number of hydrogen-bond acceptors (Lipinski definition) is 10. The van der Waals surface area contributed by atoms with Gasteiger partial charge in [-0.2, -0.15) is 0 Å². The van der Waals surface area contributed by atoms with Gasteiger partial charge in [-0.05, 0) is 37.0 Å². The zero-order valence-electron chi connectivity index (χ0n) is 23.5. The van der Waals surface area contributed by atoms with Crippen molar-refractivity contribution in [1.29, 1.82) is 0 Å². The van der Waals surface area contributed by atoms with Gasteiger partial charge in [-0.3, -0.25) is 9.36 Å². The molecule has 14 nitrogen and oxygen atoms in total. The zero-order chi connectivity index (χ0) is 31.2. The van der Waals surface area contributed by atoms with Crippen LogP contribution >= 0.6 is 7.82 Å². The molecule has 1 aliphatic heterocycles. The summed E-state index contributed by atoms with van der Waals surface area (Å²) in [7, 11) is -9.70. The molecule has 0 bridgehead atoms. The number of amides is 1. The van der Waals surface area contributed by atoms with E-state index in [-0.39, 0.29) is 29.4 Å². The molecule has 0 unspecified atom stereocenters. The molecule has 238 valence electrons. The number of fused-ring (bicyclic) bond motifs is 1. The van der Waals surface area contributed by atoms with E-state index < -0.39 is 48.7 Å². The largest absolute Gasteiger partial charge is 0.486 e. The van der Waals surface area contributed by atoms with Crippen LogP contribution in [0.4, 0.5) is 4.79 Å². The van der Waals surface area contributed by atoms with Crippen LogP contribution < -0.4 is 19.5 Å². The van der Waals surface area contributed by atoms with Gasteiger partial charge in [0, 0.05) is 12.1 Å². The van der Waals surface area contributed by atoms with E-state index in [9.17, 15) is 27.6 Å². The Balaban J connectivity index is 1.49. The first kappa shape index (κ1) is 32.0. The Morgan fingerprint density at radius 1 is 1.05 bits per heavy atom. The average Bonchev–Trinajstić information content (AvgIpc) is 3.70. The highest BCUT2D eigenvalue weighted by atomic mass is 32.2. The van der Waals surface area contributed by atoms with E-state index in [4.69, 9.17) is 28.0 Å². The van der Waals surface area contributed by atoms with E-state index in [0.29, 0.717) is 35.2 Å². The van der Waals surface area contributed by atoms with Crippen LogP contribution in [0, 0.1) is 0 Å². The third-order valence-electron chi connectivity index (χ3n) is 7.01. The minimum absolute atomic E-state index is 0.00661. The lowest BCUT2D eigenvalue weighted by Crippen LogP contribution is -2.52. The molecule has 1 aromatic heterocycles. The number of phosphoric ester groups is 1. The quantitative estimate of drug-likeness (QED) is 0.180. The molecule has 1 fully saturated rings. The maximum Gasteiger partial charge on any atom is 0.469 e. The van der Waals surface area contributed by atoms with Crippen molar-refractivity contribution in [3.05, 3.63) is 72.7 Å². The number of carbonyl (C=O) groups is 1. The number of nitrogens with one attached hydrogen (secondary N) is 1. The maximum absolute atomic E-state index is 14.1. The normalized spacial score (nSPS) is 16.9. The number of ether oxygens (including phenoxy) is 3. The molecule has 16 heteroatoms. The lowest BCUT2D eigenvalue weighted by atomic mass is 10.0. The number of nitrogens with zero attached hydrogens (tertiary/aromatic N) is 1. The van der Waals surface area contributed by atoms with Gasteiger partial charge >= 0.3 is 13.9 Å². The molecule has 0 spiro atoms. The van der Waals surface area contributed by atoms with Crippen molar-refractivity contribution in [2.24, 2.45) is 0 Å². The van der Waals surface area contributed by atoms with E-state index in [0.717, 1.165) is 12.8 Å². The highest BCUT2D eigenvalue weighted by Crippen LogP contribution is 2.40. The molecule has 1 saturated carbocycles. The number of sulfonamides is 1. The Bertz CT molecular complexity index is 1540. The summed E-state index contributed by atoms with van der Waals surface area (Å²) < 4.78 is 67.4. The minimum atomic E-state index is -5.23. The van der Waals surface area contributed by atoms with Gasteiger partial charge in [0.25, 0.3) is 10.0 Å².